The Hall–Kier alpha value is -0.770. The van der Waals surface area contributed by atoms with Crippen molar-refractivity contribution in [3.05, 3.63) is 0 Å². The minimum atomic E-state index is 0.563. The fraction of sp³-hybridized carbons (Fsp3) is 0.917. The Morgan fingerprint density at radius 3 is 2.62 bits per heavy atom. The molecular formula is C12H28N4. The van der Waals surface area contributed by atoms with E-state index in [1.165, 1.54) is 12.8 Å². The van der Waals surface area contributed by atoms with E-state index < -0.39 is 0 Å². The van der Waals surface area contributed by atoms with Crippen LogP contribution in [0.25, 0.3) is 0 Å². The maximum atomic E-state index is 5.73. The minimum absolute atomic E-state index is 0.563. The van der Waals surface area contributed by atoms with Gasteiger partial charge in [0.05, 0.1) is 0 Å². The zero-order valence-electron chi connectivity index (χ0n) is 11.3. The Balaban J connectivity index is 3.53. The van der Waals surface area contributed by atoms with Gasteiger partial charge in [-0.05, 0) is 25.9 Å². The average molecular weight is 228 g/mol. The van der Waals surface area contributed by atoms with Crippen LogP contribution in [0.2, 0.25) is 0 Å². The smallest absolute Gasteiger partial charge is 0.188 e. The van der Waals surface area contributed by atoms with Crippen LogP contribution in [0.1, 0.15) is 33.6 Å². The van der Waals surface area contributed by atoms with E-state index in [1.54, 1.807) is 0 Å². The highest BCUT2D eigenvalue weighted by molar-refractivity contribution is 5.77. The first-order chi connectivity index (χ1) is 7.56. The molecule has 4 nitrogen and oxygen atoms in total. The molecule has 3 N–H and O–H groups in total. The molecule has 0 saturated carbocycles. The fourth-order valence-electron chi connectivity index (χ4n) is 1.25. The molecule has 0 aliphatic rings. The second-order valence-electron chi connectivity index (χ2n) is 4.70. The van der Waals surface area contributed by atoms with Crippen LogP contribution in [-0.4, -0.2) is 44.1 Å². The Kier molecular flexibility index (Phi) is 9.00. The van der Waals surface area contributed by atoms with Crippen molar-refractivity contribution in [3.8, 4) is 0 Å². The molecule has 0 atom stereocenters. The molecule has 16 heavy (non-hydrogen) atoms. The Bertz CT molecular complexity index is 189. The lowest BCUT2D eigenvalue weighted by molar-refractivity contribution is 0.332. The summed E-state index contributed by atoms with van der Waals surface area (Å²) in [5.74, 6) is 1.13. The van der Waals surface area contributed by atoms with Gasteiger partial charge in [0.1, 0.15) is 0 Å². The molecule has 0 aliphatic carbocycles. The maximum Gasteiger partial charge on any atom is 0.188 e. The molecule has 0 aromatic rings. The molecule has 0 unspecified atom stereocenters. The number of hydrogen-bond donors (Lipinski definition) is 2. The lowest BCUT2D eigenvalue weighted by Crippen LogP contribution is -2.37. The van der Waals surface area contributed by atoms with Crippen LogP contribution in [0, 0.1) is 5.92 Å². The van der Waals surface area contributed by atoms with Crippen LogP contribution in [0.4, 0.5) is 0 Å². The van der Waals surface area contributed by atoms with E-state index in [4.69, 9.17) is 5.73 Å². The van der Waals surface area contributed by atoms with Crippen LogP contribution in [0.5, 0.6) is 0 Å². The molecule has 0 aliphatic heterocycles. The van der Waals surface area contributed by atoms with Crippen LogP contribution in [-0.2, 0) is 0 Å². The van der Waals surface area contributed by atoms with Crippen molar-refractivity contribution in [3.63, 3.8) is 0 Å². The molecular weight excluding hydrogens is 200 g/mol. The van der Waals surface area contributed by atoms with E-state index in [2.05, 4.69) is 43.0 Å². The summed E-state index contributed by atoms with van der Waals surface area (Å²) in [6, 6.07) is 0. The van der Waals surface area contributed by atoms with E-state index in [0.717, 1.165) is 26.2 Å². The molecule has 4 heteroatoms. The number of likely N-dealkylation sites (N-methyl/N-ethyl adjacent to an activating group) is 1. The van der Waals surface area contributed by atoms with Gasteiger partial charge >= 0.3 is 0 Å². The largest absolute Gasteiger partial charge is 0.370 e. The van der Waals surface area contributed by atoms with Crippen molar-refractivity contribution < 1.29 is 0 Å². The summed E-state index contributed by atoms with van der Waals surface area (Å²) in [6.07, 6.45) is 2.50. The number of aliphatic imine (C=N–C) groups is 1. The lowest BCUT2D eigenvalue weighted by atomic mass is 10.2. The predicted octanol–water partition coefficient (Wildman–Crippen LogP) is 1.28. The number of unbranched alkanes of at least 4 members (excludes halogenated alkanes) is 1. The highest BCUT2D eigenvalue weighted by Gasteiger charge is 1.98. The van der Waals surface area contributed by atoms with E-state index in [0.29, 0.717) is 11.9 Å². The molecule has 0 radical (unpaired) electrons. The third-order valence-corrected chi connectivity index (χ3v) is 2.32. The number of nitrogens with zero attached hydrogens (tertiary/aromatic N) is 2. The van der Waals surface area contributed by atoms with Crippen molar-refractivity contribution in [1.82, 2.24) is 10.2 Å². The van der Waals surface area contributed by atoms with E-state index >= 15 is 0 Å². The quantitative estimate of drug-likeness (QED) is 0.486. The van der Waals surface area contributed by atoms with Gasteiger partial charge < -0.3 is 16.0 Å². The summed E-state index contributed by atoms with van der Waals surface area (Å²) in [7, 11) is 2.14. The number of guanidine groups is 1. The zero-order chi connectivity index (χ0) is 12.4. The van der Waals surface area contributed by atoms with Gasteiger partial charge in [-0.1, -0.05) is 27.2 Å². The van der Waals surface area contributed by atoms with Crippen molar-refractivity contribution in [2.75, 3.05) is 33.2 Å². The molecule has 0 aromatic heterocycles. The van der Waals surface area contributed by atoms with Gasteiger partial charge in [0.15, 0.2) is 5.96 Å². The average Bonchev–Trinajstić information content (AvgIpc) is 2.23. The summed E-state index contributed by atoms with van der Waals surface area (Å²) >= 11 is 0. The van der Waals surface area contributed by atoms with Crippen LogP contribution >= 0.6 is 0 Å². The SMILES string of the molecule is CCCCN(C)CCNC(N)=NCC(C)C. The number of rotatable bonds is 8. The van der Waals surface area contributed by atoms with Crippen LogP contribution < -0.4 is 11.1 Å². The lowest BCUT2D eigenvalue weighted by Gasteiger charge is -2.16. The second kappa shape index (κ2) is 9.46. The minimum Gasteiger partial charge on any atom is -0.370 e. The zero-order valence-corrected chi connectivity index (χ0v) is 11.3. The molecule has 0 aromatic carbocycles. The van der Waals surface area contributed by atoms with Gasteiger partial charge in [0, 0.05) is 19.6 Å². The van der Waals surface area contributed by atoms with Gasteiger partial charge in [-0.3, -0.25) is 4.99 Å². The van der Waals surface area contributed by atoms with Gasteiger partial charge in [-0.2, -0.15) is 0 Å². The number of nitrogens with one attached hydrogen (secondary N) is 1. The van der Waals surface area contributed by atoms with Gasteiger partial charge in [-0.25, -0.2) is 0 Å². The summed E-state index contributed by atoms with van der Waals surface area (Å²) < 4.78 is 0. The van der Waals surface area contributed by atoms with Crippen LogP contribution in [0.3, 0.4) is 0 Å². The Labute approximate surface area is 100 Å². The normalized spacial score (nSPS) is 12.5. The second-order valence-corrected chi connectivity index (χ2v) is 4.70. The summed E-state index contributed by atoms with van der Waals surface area (Å²) in [4.78, 5) is 6.56. The van der Waals surface area contributed by atoms with Crippen molar-refractivity contribution in [2.45, 2.75) is 33.6 Å². The molecule has 0 bridgehead atoms. The van der Waals surface area contributed by atoms with E-state index in [9.17, 15) is 0 Å². The first kappa shape index (κ1) is 15.2. The van der Waals surface area contributed by atoms with E-state index in [-0.39, 0.29) is 0 Å². The third-order valence-electron chi connectivity index (χ3n) is 2.32. The maximum absolute atomic E-state index is 5.73. The Morgan fingerprint density at radius 1 is 1.38 bits per heavy atom. The highest BCUT2D eigenvalue weighted by atomic mass is 15.1. The van der Waals surface area contributed by atoms with Crippen LogP contribution in [0.15, 0.2) is 4.99 Å². The molecule has 96 valence electrons. The molecule has 0 amide bonds. The van der Waals surface area contributed by atoms with Gasteiger partial charge in [0.25, 0.3) is 0 Å². The molecule has 0 rings (SSSR count). The van der Waals surface area contributed by atoms with Crippen molar-refractivity contribution >= 4 is 5.96 Å². The van der Waals surface area contributed by atoms with Gasteiger partial charge in [-0.15, -0.1) is 0 Å². The first-order valence-electron chi connectivity index (χ1n) is 6.28. The predicted molar refractivity (Wildman–Crippen MR) is 71.7 cm³/mol. The fourth-order valence-corrected chi connectivity index (χ4v) is 1.25. The summed E-state index contributed by atoms with van der Waals surface area (Å²) in [5.41, 5.74) is 5.73. The monoisotopic (exact) mass is 228 g/mol. The first-order valence-corrected chi connectivity index (χ1v) is 6.28. The number of nitrogens with two attached hydrogens (primary N) is 1. The molecule has 0 saturated heterocycles. The van der Waals surface area contributed by atoms with Crippen molar-refractivity contribution in [1.29, 1.82) is 0 Å². The molecule has 0 heterocycles. The molecule has 0 fully saturated rings. The van der Waals surface area contributed by atoms with E-state index in [1.807, 2.05) is 0 Å². The summed E-state index contributed by atoms with van der Waals surface area (Å²) in [5, 5.41) is 3.13. The molecule has 0 spiro atoms. The standard InChI is InChI=1S/C12H28N4/c1-5-6-8-16(4)9-7-14-12(13)15-10-11(2)3/h11H,5-10H2,1-4H3,(H3,13,14,15). The summed E-state index contributed by atoms with van der Waals surface area (Å²) in [6.45, 7) is 10.3. The van der Waals surface area contributed by atoms with Crippen molar-refractivity contribution in [2.24, 2.45) is 16.6 Å². The third kappa shape index (κ3) is 9.77. The highest BCUT2D eigenvalue weighted by Crippen LogP contribution is 1.91. The number of hydrogen-bond acceptors (Lipinski definition) is 2. The topological polar surface area (TPSA) is 53.6 Å². The Morgan fingerprint density at radius 2 is 2.06 bits per heavy atom. The van der Waals surface area contributed by atoms with Gasteiger partial charge in [0.2, 0.25) is 0 Å².